The van der Waals surface area contributed by atoms with Crippen LogP contribution in [0.5, 0.6) is 0 Å². The van der Waals surface area contributed by atoms with Crippen molar-refractivity contribution in [2.75, 3.05) is 31.5 Å². The zero-order chi connectivity index (χ0) is 20.2. The first-order valence-corrected chi connectivity index (χ1v) is 10.2. The standard InChI is InChI=1S/C21H24FN5OS/c22-16-5-1-2-6-17(16)24-20(29)23-11-14-26-12-9-15(10-13-26)27-19-8-4-3-7-18(19)25-21(27)28/h1-8,15H,9-14H2,(H,25,28)(H2,23,24,29). The van der Waals surface area contributed by atoms with Crippen LogP contribution < -0.4 is 16.3 Å². The highest BCUT2D eigenvalue weighted by atomic mass is 32.1. The van der Waals surface area contributed by atoms with Crippen molar-refractivity contribution < 1.29 is 4.39 Å². The molecule has 1 saturated heterocycles. The van der Waals surface area contributed by atoms with Gasteiger partial charge in [-0.1, -0.05) is 24.3 Å². The molecule has 0 saturated carbocycles. The van der Waals surface area contributed by atoms with Crippen molar-refractivity contribution in [1.82, 2.24) is 19.8 Å². The molecule has 8 heteroatoms. The van der Waals surface area contributed by atoms with Crippen LogP contribution >= 0.6 is 12.2 Å². The van der Waals surface area contributed by atoms with Gasteiger partial charge < -0.3 is 20.5 Å². The van der Waals surface area contributed by atoms with E-state index in [1.165, 1.54) is 6.07 Å². The number of thiocarbonyl (C=S) groups is 1. The third-order valence-corrected chi connectivity index (χ3v) is 5.63. The molecule has 152 valence electrons. The summed E-state index contributed by atoms with van der Waals surface area (Å²) in [7, 11) is 0. The van der Waals surface area contributed by atoms with Crippen molar-refractivity contribution in [3.05, 3.63) is 64.8 Å². The van der Waals surface area contributed by atoms with Crippen molar-refractivity contribution >= 4 is 34.1 Å². The number of anilines is 1. The number of piperidine rings is 1. The number of para-hydroxylation sites is 3. The molecule has 0 bridgehead atoms. The van der Waals surface area contributed by atoms with Gasteiger partial charge in [0.2, 0.25) is 0 Å². The monoisotopic (exact) mass is 413 g/mol. The first kappa shape index (κ1) is 19.6. The molecule has 29 heavy (non-hydrogen) atoms. The molecule has 3 N–H and O–H groups in total. The van der Waals surface area contributed by atoms with E-state index in [4.69, 9.17) is 12.2 Å². The Labute approximate surface area is 173 Å². The van der Waals surface area contributed by atoms with Crippen LogP contribution in [0.1, 0.15) is 18.9 Å². The lowest BCUT2D eigenvalue weighted by Gasteiger charge is -2.32. The van der Waals surface area contributed by atoms with Crippen LogP contribution in [0.4, 0.5) is 10.1 Å². The van der Waals surface area contributed by atoms with Gasteiger partial charge in [-0.3, -0.25) is 4.57 Å². The average molecular weight is 414 g/mol. The van der Waals surface area contributed by atoms with E-state index in [2.05, 4.69) is 20.5 Å². The highest BCUT2D eigenvalue weighted by Crippen LogP contribution is 2.24. The van der Waals surface area contributed by atoms with Crippen LogP contribution in [0.2, 0.25) is 0 Å². The second kappa shape index (κ2) is 8.75. The molecule has 1 aliphatic rings. The Morgan fingerprint density at radius 1 is 1.14 bits per heavy atom. The molecule has 1 fully saturated rings. The SMILES string of the molecule is O=c1[nH]c2ccccc2n1C1CCN(CCNC(=S)Nc2ccccc2F)CC1. The number of nitrogens with zero attached hydrogens (tertiary/aromatic N) is 2. The lowest BCUT2D eigenvalue weighted by Crippen LogP contribution is -2.41. The summed E-state index contributed by atoms with van der Waals surface area (Å²) in [5.74, 6) is -0.328. The number of benzene rings is 2. The smallest absolute Gasteiger partial charge is 0.326 e. The fourth-order valence-electron chi connectivity index (χ4n) is 3.89. The lowest BCUT2D eigenvalue weighted by atomic mass is 10.0. The van der Waals surface area contributed by atoms with Crippen molar-refractivity contribution in [3.63, 3.8) is 0 Å². The van der Waals surface area contributed by atoms with Crippen molar-refractivity contribution in [2.24, 2.45) is 0 Å². The summed E-state index contributed by atoms with van der Waals surface area (Å²) < 4.78 is 15.6. The second-order valence-corrected chi connectivity index (χ2v) is 7.66. The van der Waals surface area contributed by atoms with Gasteiger partial charge in [-0.2, -0.15) is 0 Å². The number of aromatic nitrogens is 2. The summed E-state index contributed by atoms with van der Waals surface area (Å²) in [6.45, 7) is 3.37. The highest BCUT2D eigenvalue weighted by molar-refractivity contribution is 7.80. The van der Waals surface area contributed by atoms with Gasteiger partial charge in [0.05, 0.1) is 16.7 Å². The summed E-state index contributed by atoms with van der Waals surface area (Å²) in [5, 5.41) is 6.42. The minimum absolute atomic E-state index is 0.0316. The molecule has 0 aliphatic carbocycles. The number of hydrogen-bond acceptors (Lipinski definition) is 3. The van der Waals surface area contributed by atoms with Crippen LogP contribution in [-0.4, -0.2) is 45.7 Å². The quantitative estimate of drug-likeness (QED) is 0.561. The fourth-order valence-corrected chi connectivity index (χ4v) is 4.11. The predicted octanol–water partition coefficient (Wildman–Crippen LogP) is 3.09. The largest absolute Gasteiger partial charge is 0.361 e. The molecule has 2 heterocycles. The van der Waals surface area contributed by atoms with Gasteiger partial charge in [-0.05, 0) is 49.3 Å². The van der Waals surface area contributed by atoms with Gasteiger partial charge in [-0.25, -0.2) is 9.18 Å². The Morgan fingerprint density at radius 2 is 1.86 bits per heavy atom. The average Bonchev–Trinajstić information content (AvgIpc) is 3.06. The topological polar surface area (TPSA) is 65.1 Å². The summed E-state index contributed by atoms with van der Waals surface area (Å²) in [4.78, 5) is 17.7. The van der Waals surface area contributed by atoms with E-state index in [0.29, 0.717) is 17.3 Å². The lowest BCUT2D eigenvalue weighted by molar-refractivity contribution is 0.189. The summed E-state index contributed by atoms with van der Waals surface area (Å²) >= 11 is 5.25. The molecular weight excluding hydrogens is 389 g/mol. The number of likely N-dealkylation sites (tertiary alicyclic amines) is 1. The highest BCUT2D eigenvalue weighted by Gasteiger charge is 2.23. The molecule has 0 spiro atoms. The van der Waals surface area contributed by atoms with E-state index in [1.807, 2.05) is 28.8 Å². The van der Waals surface area contributed by atoms with E-state index < -0.39 is 0 Å². The minimum Gasteiger partial charge on any atom is -0.361 e. The van der Waals surface area contributed by atoms with Gasteiger partial charge in [0, 0.05) is 32.2 Å². The molecule has 0 unspecified atom stereocenters. The molecule has 2 aromatic carbocycles. The van der Waals surface area contributed by atoms with Crippen LogP contribution in [0.3, 0.4) is 0 Å². The number of rotatable bonds is 5. The molecule has 4 rings (SSSR count). The number of hydrogen-bond donors (Lipinski definition) is 3. The first-order chi connectivity index (χ1) is 14.1. The third-order valence-electron chi connectivity index (χ3n) is 5.38. The van der Waals surface area contributed by atoms with Crippen LogP contribution in [0.15, 0.2) is 53.3 Å². The van der Waals surface area contributed by atoms with E-state index in [9.17, 15) is 9.18 Å². The number of halogens is 1. The fraction of sp³-hybridized carbons (Fsp3) is 0.333. The summed E-state index contributed by atoms with van der Waals surface area (Å²) in [5.41, 5.74) is 2.20. The minimum atomic E-state index is -0.328. The van der Waals surface area contributed by atoms with Crippen LogP contribution in [0.25, 0.3) is 11.0 Å². The molecule has 0 amide bonds. The first-order valence-electron chi connectivity index (χ1n) is 9.83. The molecular formula is C21H24FN5OS. The number of fused-ring (bicyclic) bond motifs is 1. The Kier molecular flexibility index (Phi) is 5.92. The normalized spacial score (nSPS) is 15.5. The number of imidazole rings is 1. The summed E-state index contributed by atoms with van der Waals surface area (Å²) in [6.07, 6.45) is 1.86. The Hall–Kier alpha value is -2.71. The summed E-state index contributed by atoms with van der Waals surface area (Å²) in [6, 6.07) is 14.5. The zero-order valence-electron chi connectivity index (χ0n) is 16.0. The Morgan fingerprint density at radius 3 is 2.66 bits per heavy atom. The van der Waals surface area contributed by atoms with Crippen LogP contribution in [0, 0.1) is 5.82 Å². The van der Waals surface area contributed by atoms with Crippen molar-refractivity contribution in [3.8, 4) is 0 Å². The number of nitrogens with one attached hydrogen (secondary N) is 3. The predicted molar refractivity (Wildman–Crippen MR) is 118 cm³/mol. The van der Waals surface area contributed by atoms with Gasteiger partial charge in [0.25, 0.3) is 0 Å². The van der Waals surface area contributed by atoms with Gasteiger partial charge in [-0.15, -0.1) is 0 Å². The van der Waals surface area contributed by atoms with E-state index in [0.717, 1.165) is 43.5 Å². The maximum Gasteiger partial charge on any atom is 0.326 e. The van der Waals surface area contributed by atoms with Crippen molar-refractivity contribution in [2.45, 2.75) is 18.9 Å². The number of H-pyrrole nitrogens is 1. The molecule has 1 aromatic heterocycles. The number of aromatic amines is 1. The maximum absolute atomic E-state index is 13.7. The molecule has 6 nitrogen and oxygen atoms in total. The van der Waals surface area contributed by atoms with E-state index in [-0.39, 0.29) is 17.5 Å². The molecule has 3 aromatic rings. The van der Waals surface area contributed by atoms with Gasteiger partial charge in [0.1, 0.15) is 5.82 Å². The molecule has 1 aliphatic heterocycles. The molecule has 0 radical (unpaired) electrons. The third kappa shape index (κ3) is 4.49. The second-order valence-electron chi connectivity index (χ2n) is 7.25. The molecule has 0 atom stereocenters. The van der Waals surface area contributed by atoms with E-state index >= 15 is 0 Å². The van der Waals surface area contributed by atoms with E-state index in [1.54, 1.807) is 18.2 Å². The van der Waals surface area contributed by atoms with Crippen molar-refractivity contribution in [1.29, 1.82) is 0 Å². The Balaban J connectivity index is 1.25. The zero-order valence-corrected chi connectivity index (χ0v) is 16.8. The van der Waals surface area contributed by atoms with Gasteiger partial charge >= 0.3 is 5.69 Å². The van der Waals surface area contributed by atoms with Crippen LogP contribution in [-0.2, 0) is 0 Å². The Bertz CT molecular complexity index is 1050. The van der Waals surface area contributed by atoms with Gasteiger partial charge in [0.15, 0.2) is 5.11 Å². The maximum atomic E-state index is 13.7.